The van der Waals surface area contributed by atoms with Crippen LogP contribution < -0.4 is 9.64 Å². The summed E-state index contributed by atoms with van der Waals surface area (Å²) in [6, 6.07) is 3.72. The van der Waals surface area contributed by atoms with Gasteiger partial charge in [-0.3, -0.25) is 4.79 Å². The molecule has 1 aliphatic rings. The van der Waals surface area contributed by atoms with Crippen LogP contribution in [0.5, 0.6) is 5.88 Å². The third kappa shape index (κ3) is 5.35. The summed E-state index contributed by atoms with van der Waals surface area (Å²) in [6.07, 6.45) is 2.68. The van der Waals surface area contributed by atoms with E-state index in [1.54, 1.807) is 7.11 Å². The van der Waals surface area contributed by atoms with E-state index in [4.69, 9.17) is 9.47 Å². The first kappa shape index (κ1) is 17.5. The van der Waals surface area contributed by atoms with Gasteiger partial charge in [0, 0.05) is 45.8 Å². The summed E-state index contributed by atoms with van der Waals surface area (Å²) in [6.45, 7) is 6.16. The predicted octanol–water partition coefficient (Wildman–Crippen LogP) is 1.34. The normalized spacial score (nSPS) is 14.9. The van der Waals surface area contributed by atoms with E-state index in [-0.39, 0.29) is 5.91 Å². The number of anilines is 1. The first-order chi connectivity index (χ1) is 11.2. The first-order valence-electron chi connectivity index (χ1n) is 8.22. The van der Waals surface area contributed by atoms with E-state index >= 15 is 0 Å². The molecule has 1 amide bonds. The van der Waals surface area contributed by atoms with Gasteiger partial charge in [0.1, 0.15) is 6.61 Å². The van der Waals surface area contributed by atoms with Gasteiger partial charge in [-0.25, -0.2) is 0 Å². The molecule has 1 aromatic heterocycles. The highest BCUT2D eigenvalue weighted by Crippen LogP contribution is 2.16. The van der Waals surface area contributed by atoms with Crippen molar-refractivity contribution < 1.29 is 14.3 Å². The highest BCUT2D eigenvalue weighted by Gasteiger charge is 2.21. The summed E-state index contributed by atoms with van der Waals surface area (Å²) in [5, 5.41) is 8.28. The molecule has 128 valence electrons. The van der Waals surface area contributed by atoms with E-state index in [2.05, 4.69) is 22.0 Å². The maximum atomic E-state index is 12.0. The lowest BCUT2D eigenvalue weighted by Crippen LogP contribution is -2.49. The monoisotopic (exact) mass is 322 g/mol. The Hall–Kier alpha value is -1.89. The SMILES string of the molecule is CCCCC(=O)N1CCN(c2ccc(OCCOC)nn2)CC1. The Morgan fingerprint density at radius 2 is 1.96 bits per heavy atom. The molecule has 0 atom stereocenters. The van der Waals surface area contributed by atoms with Crippen LogP contribution in [0.25, 0.3) is 0 Å². The van der Waals surface area contributed by atoms with Crippen LogP contribution in [0.1, 0.15) is 26.2 Å². The summed E-state index contributed by atoms with van der Waals surface area (Å²) in [5.41, 5.74) is 0. The van der Waals surface area contributed by atoms with Gasteiger partial charge in [-0.15, -0.1) is 10.2 Å². The number of methoxy groups -OCH3 is 1. The van der Waals surface area contributed by atoms with Crippen LogP contribution >= 0.6 is 0 Å². The maximum absolute atomic E-state index is 12.0. The quantitative estimate of drug-likeness (QED) is 0.673. The van der Waals surface area contributed by atoms with Crippen LogP contribution in [-0.4, -0.2) is 67.5 Å². The second-order valence-corrected chi connectivity index (χ2v) is 5.54. The molecule has 0 N–H and O–H groups in total. The Balaban J connectivity index is 1.79. The molecule has 23 heavy (non-hydrogen) atoms. The van der Waals surface area contributed by atoms with Crippen LogP contribution in [0.15, 0.2) is 12.1 Å². The number of carbonyl (C=O) groups excluding carboxylic acids is 1. The predicted molar refractivity (Wildman–Crippen MR) is 87.7 cm³/mol. The van der Waals surface area contributed by atoms with E-state index in [1.807, 2.05) is 17.0 Å². The lowest BCUT2D eigenvalue weighted by Gasteiger charge is -2.35. The molecule has 1 aliphatic heterocycles. The van der Waals surface area contributed by atoms with Crippen LogP contribution in [0.4, 0.5) is 5.82 Å². The molecule has 1 fully saturated rings. The molecule has 1 saturated heterocycles. The van der Waals surface area contributed by atoms with Crippen molar-refractivity contribution in [2.24, 2.45) is 0 Å². The van der Waals surface area contributed by atoms with Crippen molar-refractivity contribution in [1.29, 1.82) is 0 Å². The molecule has 1 aromatic rings. The molecule has 0 aromatic carbocycles. The van der Waals surface area contributed by atoms with Gasteiger partial charge in [0.15, 0.2) is 5.82 Å². The number of unbranched alkanes of at least 4 members (excludes halogenated alkanes) is 1. The van der Waals surface area contributed by atoms with Gasteiger partial charge in [-0.1, -0.05) is 13.3 Å². The minimum absolute atomic E-state index is 0.263. The van der Waals surface area contributed by atoms with Crippen molar-refractivity contribution in [2.45, 2.75) is 26.2 Å². The molecule has 2 rings (SSSR count). The van der Waals surface area contributed by atoms with E-state index in [1.165, 1.54) is 0 Å². The lowest BCUT2D eigenvalue weighted by molar-refractivity contribution is -0.131. The Labute approximate surface area is 137 Å². The number of aromatic nitrogens is 2. The summed E-state index contributed by atoms with van der Waals surface area (Å²) in [4.78, 5) is 16.1. The average molecular weight is 322 g/mol. The lowest BCUT2D eigenvalue weighted by atomic mass is 10.2. The summed E-state index contributed by atoms with van der Waals surface area (Å²) >= 11 is 0. The molecule has 0 saturated carbocycles. The molecule has 0 radical (unpaired) electrons. The standard InChI is InChI=1S/C16H26N4O3/c1-3-4-5-16(21)20-10-8-19(9-11-20)14-6-7-15(18-17-14)23-13-12-22-2/h6-7H,3-5,8-13H2,1-2H3. The molecule has 7 nitrogen and oxygen atoms in total. The third-order valence-electron chi connectivity index (χ3n) is 3.86. The Bertz CT molecular complexity index is 473. The van der Waals surface area contributed by atoms with Crippen LogP contribution in [0, 0.1) is 0 Å². The number of hydrogen-bond acceptors (Lipinski definition) is 6. The molecule has 0 aliphatic carbocycles. The van der Waals surface area contributed by atoms with E-state index in [9.17, 15) is 4.79 Å². The topological polar surface area (TPSA) is 67.8 Å². The van der Waals surface area contributed by atoms with Gasteiger partial charge in [0.2, 0.25) is 11.8 Å². The molecule has 0 bridgehead atoms. The minimum atomic E-state index is 0.263. The summed E-state index contributed by atoms with van der Waals surface area (Å²) in [5.74, 6) is 1.59. The molecule has 2 heterocycles. The smallest absolute Gasteiger partial charge is 0.233 e. The fraction of sp³-hybridized carbons (Fsp3) is 0.688. The van der Waals surface area contributed by atoms with Gasteiger partial charge in [0.05, 0.1) is 6.61 Å². The second-order valence-electron chi connectivity index (χ2n) is 5.54. The van der Waals surface area contributed by atoms with Gasteiger partial charge in [-0.05, 0) is 12.5 Å². The van der Waals surface area contributed by atoms with Crippen LogP contribution in [-0.2, 0) is 9.53 Å². The van der Waals surface area contributed by atoms with E-state index in [0.717, 1.165) is 44.8 Å². The number of nitrogens with zero attached hydrogens (tertiary/aromatic N) is 4. The molecular weight excluding hydrogens is 296 g/mol. The van der Waals surface area contributed by atoms with Crippen molar-refractivity contribution in [3.8, 4) is 5.88 Å². The minimum Gasteiger partial charge on any atom is -0.474 e. The number of ether oxygens (including phenoxy) is 2. The number of rotatable bonds is 8. The zero-order valence-electron chi connectivity index (χ0n) is 14.0. The summed E-state index contributed by atoms with van der Waals surface area (Å²) < 4.78 is 10.3. The Kier molecular flexibility index (Phi) is 7.06. The first-order valence-corrected chi connectivity index (χ1v) is 8.22. The highest BCUT2D eigenvalue weighted by molar-refractivity contribution is 5.76. The van der Waals surface area contributed by atoms with Gasteiger partial charge >= 0.3 is 0 Å². The fourth-order valence-corrected chi connectivity index (χ4v) is 2.46. The maximum Gasteiger partial charge on any atom is 0.233 e. The van der Waals surface area contributed by atoms with Crippen molar-refractivity contribution in [1.82, 2.24) is 15.1 Å². The molecule has 7 heteroatoms. The summed E-state index contributed by atoms with van der Waals surface area (Å²) in [7, 11) is 1.63. The largest absolute Gasteiger partial charge is 0.474 e. The Morgan fingerprint density at radius 3 is 2.57 bits per heavy atom. The highest BCUT2D eigenvalue weighted by atomic mass is 16.5. The number of carbonyl (C=O) groups is 1. The van der Waals surface area contributed by atoms with Crippen molar-refractivity contribution >= 4 is 11.7 Å². The number of hydrogen-bond donors (Lipinski definition) is 0. The van der Waals surface area contributed by atoms with E-state index < -0.39 is 0 Å². The number of amides is 1. The third-order valence-corrected chi connectivity index (χ3v) is 3.86. The Morgan fingerprint density at radius 1 is 1.17 bits per heavy atom. The second kappa shape index (κ2) is 9.29. The average Bonchev–Trinajstić information content (AvgIpc) is 2.61. The zero-order chi connectivity index (χ0) is 16.5. The fourth-order valence-electron chi connectivity index (χ4n) is 2.46. The van der Waals surface area contributed by atoms with Gasteiger partial charge in [-0.2, -0.15) is 0 Å². The van der Waals surface area contributed by atoms with Crippen LogP contribution in [0.3, 0.4) is 0 Å². The molecule has 0 spiro atoms. The van der Waals surface area contributed by atoms with Crippen molar-refractivity contribution in [3.63, 3.8) is 0 Å². The molecular formula is C16H26N4O3. The van der Waals surface area contributed by atoms with Crippen LogP contribution in [0.2, 0.25) is 0 Å². The molecule has 0 unspecified atom stereocenters. The van der Waals surface area contributed by atoms with Crippen molar-refractivity contribution in [2.75, 3.05) is 51.4 Å². The van der Waals surface area contributed by atoms with Gasteiger partial charge in [0.25, 0.3) is 0 Å². The zero-order valence-corrected chi connectivity index (χ0v) is 14.0. The van der Waals surface area contributed by atoms with E-state index in [0.29, 0.717) is 25.5 Å². The van der Waals surface area contributed by atoms with Crippen molar-refractivity contribution in [3.05, 3.63) is 12.1 Å². The number of piperazine rings is 1. The van der Waals surface area contributed by atoms with Gasteiger partial charge < -0.3 is 19.3 Å².